The van der Waals surface area contributed by atoms with E-state index in [1.807, 2.05) is 4.90 Å². The van der Waals surface area contributed by atoms with E-state index >= 15 is 0 Å². The third-order valence-electron chi connectivity index (χ3n) is 6.48. The second-order valence-corrected chi connectivity index (χ2v) is 8.57. The van der Waals surface area contributed by atoms with Crippen LogP contribution in [0.25, 0.3) is 11.2 Å². The quantitative estimate of drug-likeness (QED) is 0.544. The highest BCUT2D eigenvalue weighted by Gasteiger charge is 2.41. The predicted octanol–water partition coefficient (Wildman–Crippen LogP) is 3.40. The molecule has 2 aliphatic rings. The molecule has 13 heteroatoms. The van der Waals surface area contributed by atoms with Crippen molar-refractivity contribution < 1.29 is 22.0 Å². The van der Waals surface area contributed by atoms with Crippen molar-refractivity contribution in [1.29, 1.82) is 0 Å². The molecule has 33 heavy (non-hydrogen) atoms. The Labute approximate surface area is 185 Å². The zero-order valence-corrected chi connectivity index (χ0v) is 17.5. The van der Waals surface area contributed by atoms with Gasteiger partial charge in [0, 0.05) is 26.2 Å². The molecule has 0 amide bonds. The van der Waals surface area contributed by atoms with Gasteiger partial charge in [0.1, 0.15) is 23.7 Å². The smallest absolute Gasteiger partial charge is 0.355 e. The summed E-state index contributed by atoms with van der Waals surface area (Å²) in [7, 11) is 0. The first-order valence-corrected chi connectivity index (χ1v) is 10.6. The largest absolute Gasteiger partial charge is 0.434 e. The molecule has 2 saturated heterocycles. The minimum absolute atomic E-state index is 0.0376. The van der Waals surface area contributed by atoms with E-state index in [0.717, 1.165) is 38.5 Å². The Kier molecular flexibility index (Phi) is 5.28. The van der Waals surface area contributed by atoms with Gasteiger partial charge in [-0.25, -0.2) is 33.4 Å². The van der Waals surface area contributed by atoms with Gasteiger partial charge in [0.2, 0.25) is 0 Å². The first-order valence-electron chi connectivity index (χ1n) is 10.6. The summed E-state index contributed by atoms with van der Waals surface area (Å²) in [4.78, 5) is 20.4. The Bertz CT molecular complexity index is 1120. The lowest BCUT2D eigenvalue weighted by molar-refractivity contribution is -0.141. The van der Waals surface area contributed by atoms with Gasteiger partial charge in [-0.3, -0.25) is 0 Å². The van der Waals surface area contributed by atoms with Crippen LogP contribution >= 0.6 is 0 Å². The maximum atomic E-state index is 12.8. The van der Waals surface area contributed by atoms with E-state index in [4.69, 9.17) is 0 Å². The number of fused-ring (bicyclic) bond motifs is 1. The molecule has 0 atom stereocenters. The van der Waals surface area contributed by atoms with Gasteiger partial charge >= 0.3 is 6.18 Å². The number of hydrogen-bond acceptors (Lipinski definition) is 7. The summed E-state index contributed by atoms with van der Waals surface area (Å²) in [6.07, 6.45) is 0.628. The van der Waals surface area contributed by atoms with Gasteiger partial charge in [0.05, 0.1) is 24.8 Å². The topological polar surface area (TPSA) is 75.9 Å². The van der Waals surface area contributed by atoms with E-state index in [2.05, 4.69) is 29.9 Å². The minimum atomic E-state index is -4.51. The molecule has 8 nitrogen and oxygen atoms in total. The van der Waals surface area contributed by atoms with E-state index in [0.29, 0.717) is 35.9 Å². The third-order valence-corrected chi connectivity index (χ3v) is 6.48. The molecule has 0 aliphatic carbocycles. The van der Waals surface area contributed by atoms with Crippen LogP contribution < -0.4 is 9.80 Å². The number of rotatable bonds is 4. The van der Waals surface area contributed by atoms with Crippen molar-refractivity contribution in [2.24, 2.45) is 5.41 Å². The molecule has 3 aromatic heterocycles. The van der Waals surface area contributed by atoms with E-state index in [-0.39, 0.29) is 5.41 Å². The van der Waals surface area contributed by atoms with Crippen molar-refractivity contribution in [3.8, 4) is 0 Å². The molecular formula is C20H21F5N8. The molecule has 0 unspecified atom stereocenters. The molecule has 0 saturated carbocycles. The second-order valence-electron chi connectivity index (χ2n) is 8.57. The zero-order chi connectivity index (χ0) is 23.2. The van der Waals surface area contributed by atoms with Crippen molar-refractivity contribution in [2.45, 2.75) is 38.4 Å². The SMILES string of the molecule is FC(F)Cn1ncc2ncc(N3CCC4(CCN(c5cnc(C(F)(F)F)cn5)C4)CC3)nc21. The second kappa shape index (κ2) is 8.03. The molecule has 1 spiro atoms. The van der Waals surface area contributed by atoms with Gasteiger partial charge < -0.3 is 9.80 Å². The number of aromatic nitrogens is 6. The summed E-state index contributed by atoms with van der Waals surface area (Å²) >= 11 is 0. The molecule has 176 valence electrons. The fourth-order valence-electron chi connectivity index (χ4n) is 4.64. The summed E-state index contributed by atoms with van der Waals surface area (Å²) in [5.74, 6) is 1.07. The van der Waals surface area contributed by atoms with Crippen molar-refractivity contribution in [3.63, 3.8) is 0 Å². The van der Waals surface area contributed by atoms with Crippen LogP contribution in [-0.2, 0) is 12.7 Å². The van der Waals surface area contributed by atoms with Crippen LogP contribution in [0.5, 0.6) is 0 Å². The highest BCUT2D eigenvalue weighted by Crippen LogP contribution is 2.42. The van der Waals surface area contributed by atoms with Gasteiger partial charge in [-0.2, -0.15) is 18.3 Å². The summed E-state index contributed by atoms with van der Waals surface area (Å²) in [5.41, 5.74) is -0.157. The van der Waals surface area contributed by atoms with Crippen LogP contribution in [0.2, 0.25) is 0 Å². The summed E-state index contributed by atoms with van der Waals surface area (Å²) in [6.45, 7) is 2.31. The number of anilines is 2. The number of hydrogen-bond donors (Lipinski definition) is 0. The molecule has 5 heterocycles. The third kappa shape index (κ3) is 4.27. The van der Waals surface area contributed by atoms with Crippen LogP contribution in [0.3, 0.4) is 0 Å². The summed E-state index contributed by atoms with van der Waals surface area (Å²) in [6, 6.07) is 0. The molecule has 3 aromatic rings. The highest BCUT2D eigenvalue weighted by atomic mass is 19.4. The maximum absolute atomic E-state index is 12.8. The number of halogens is 5. The molecule has 5 rings (SSSR count). The van der Waals surface area contributed by atoms with Gasteiger partial charge in [-0.05, 0) is 24.7 Å². The first-order chi connectivity index (χ1) is 15.7. The minimum Gasteiger partial charge on any atom is -0.355 e. The van der Waals surface area contributed by atoms with Crippen molar-refractivity contribution in [3.05, 3.63) is 30.5 Å². The highest BCUT2D eigenvalue weighted by molar-refractivity contribution is 5.71. The fraction of sp³-hybridized carbons (Fsp3) is 0.550. The molecular weight excluding hydrogens is 447 g/mol. The van der Waals surface area contributed by atoms with Crippen molar-refractivity contribution in [2.75, 3.05) is 36.0 Å². The fourth-order valence-corrected chi connectivity index (χ4v) is 4.64. The Morgan fingerprint density at radius 1 is 0.879 bits per heavy atom. The molecule has 0 aromatic carbocycles. The average Bonchev–Trinajstić information content (AvgIpc) is 3.38. The maximum Gasteiger partial charge on any atom is 0.434 e. The van der Waals surface area contributed by atoms with E-state index in [1.54, 1.807) is 6.20 Å². The van der Waals surface area contributed by atoms with Gasteiger partial charge in [0.25, 0.3) is 6.43 Å². The molecule has 0 N–H and O–H groups in total. The van der Waals surface area contributed by atoms with E-state index in [1.165, 1.54) is 17.1 Å². The Morgan fingerprint density at radius 3 is 2.21 bits per heavy atom. The number of alkyl halides is 5. The molecule has 0 bridgehead atoms. The predicted molar refractivity (Wildman–Crippen MR) is 109 cm³/mol. The van der Waals surface area contributed by atoms with Crippen LogP contribution in [0.4, 0.5) is 33.6 Å². The Balaban J connectivity index is 1.25. The monoisotopic (exact) mass is 468 g/mol. The summed E-state index contributed by atoms with van der Waals surface area (Å²) < 4.78 is 65.0. The van der Waals surface area contributed by atoms with E-state index in [9.17, 15) is 22.0 Å². The Hall–Kier alpha value is -3.12. The number of piperidine rings is 1. The van der Waals surface area contributed by atoms with Gasteiger partial charge in [0.15, 0.2) is 11.3 Å². The lowest BCUT2D eigenvalue weighted by Gasteiger charge is -2.39. The first kappa shape index (κ1) is 21.7. The van der Waals surface area contributed by atoms with E-state index < -0.39 is 24.8 Å². The molecule has 2 aliphatic heterocycles. The van der Waals surface area contributed by atoms with Crippen LogP contribution in [-0.4, -0.2) is 62.3 Å². The average molecular weight is 468 g/mol. The summed E-state index contributed by atoms with van der Waals surface area (Å²) in [5, 5.41) is 3.95. The lowest BCUT2D eigenvalue weighted by Crippen LogP contribution is -2.42. The standard InChI is InChI=1S/C20H21F5N8/c21-15(22)11-33-18-13(7-29-33)26-10-17(30-18)31-4-1-19(2-5-31)3-6-32(12-19)16-9-27-14(8-28-16)20(23,24)25/h7-10,15H,1-6,11-12H2. The van der Waals surface area contributed by atoms with Crippen LogP contribution in [0, 0.1) is 5.41 Å². The van der Waals surface area contributed by atoms with Gasteiger partial charge in [-0.15, -0.1) is 0 Å². The van der Waals surface area contributed by atoms with Crippen molar-refractivity contribution >= 4 is 22.8 Å². The van der Waals surface area contributed by atoms with Crippen LogP contribution in [0.1, 0.15) is 25.0 Å². The van der Waals surface area contributed by atoms with Gasteiger partial charge in [-0.1, -0.05) is 0 Å². The van der Waals surface area contributed by atoms with Crippen LogP contribution in [0.15, 0.2) is 24.8 Å². The lowest BCUT2D eigenvalue weighted by atomic mass is 9.78. The molecule has 0 radical (unpaired) electrons. The normalized spacial score (nSPS) is 18.7. The zero-order valence-electron chi connectivity index (χ0n) is 17.5. The van der Waals surface area contributed by atoms with Crippen molar-refractivity contribution in [1.82, 2.24) is 29.7 Å². The Morgan fingerprint density at radius 2 is 1.58 bits per heavy atom. The number of nitrogens with zero attached hydrogens (tertiary/aromatic N) is 8. The molecule has 2 fully saturated rings.